The molecule has 4 rings (SSSR count). The molecule has 6 heteroatoms. The molecule has 0 aliphatic rings. The average Bonchev–Trinajstić information content (AvgIpc) is 3.10. The number of aromatic nitrogens is 1. The Hall–Kier alpha value is -3.51. The summed E-state index contributed by atoms with van der Waals surface area (Å²) in [5, 5.41) is 5.26. The molecule has 2 amide bonds. The van der Waals surface area contributed by atoms with Crippen LogP contribution in [0.4, 0.5) is 5.69 Å². The number of nitrogens with zero attached hydrogens (tertiary/aromatic N) is 1. The molecule has 0 fully saturated rings. The summed E-state index contributed by atoms with van der Waals surface area (Å²) in [5.41, 5.74) is 9.24. The van der Waals surface area contributed by atoms with Gasteiger partial charge in [0.1, 0.15) is 0 Å². The second kappa shape index (κ2) is 9.10. The number of amides is 2. The number of para-hydroxylation sites is 2. The Morgan fingerprint density at radius 2 is 1.74 bits per heavy atom. The lowest BCUT2D eigenvalue weighted by Crippen LogP contribution is -2.13. The molecule has 0 saturated carbocycles. The molecule has 0 unspecified atom stereocenters. The van der Waals surface area contributed by atoms with Crippen LogP contribution in [-0.2, 0) is 16.1 Å². The number of benzene rings is 3. The second-order valence-corrected chi connectivity index (χ2v) is 8.13. The Morgan fingerprint density at radius 1 is 1.00 bits per heavy atom. The Morgan fingerprint density at radius 3 is 2.55 bits per heavy atom. The SMILES string of the molecule is CCn1c2ccccc2c2cc(/C=C/C(=O)Nc3ccccc3SCC(N)=O)ccc21. The van der Waals surface area contributed by atoms with E-state index in [4.69, 9.17) is 5.73 Å². The molecule has 0 bridgehead atoms. The highest BCUT2D eigenvalue weighted by Crippen LogP contribution is 2.30. The van der Waals surface area contributed by atoms with E-state index in [9.17, 15) is 9.59 Å². The summed E-state index contributed by atoms with van der Waals surface area (Å²) in [5.74, 6) is -0.470. The molecule has 3 aromatic carbocycles. The van der Waals surface area contributed by atoms with Crippen LogP contribution < -0.4 is 11.1 Å². The number of fused-ring (bicyclic) bond motifs is 3. The van der Waals surface area contributed by atoms with Gasteiger partial charge in [-0.2, -0.15) is 0 Å². The van der Waals surface area contributed by atoms with Crippen LogP contribution >= 0.6 is 11.8 Å². The number of nitrogens with one attached hydrogen (secondary N) is 1. The van der Waals surface area contributed by atoms with Crippen molar-refractivity contribution in [3.8, 4) is 0 Å². The highest BCUT2D eigenvalue weighted by atomic mass is 32.2. The van der Waals surface area contributed by atoms with Gasteiger partial charge < -0.3 is 15.6 Å². The average molecular weight is 430 g/mol. The fourth-order valence-corrected chi connectivity index (χ4v) is 4.45. The Labute approximate surface area is 184 Å². The van der Waals surface area contributed by atoms with Gasteiger partial charge in [-0.15, -0.1) is 11.8 Å². The lowest BCUT2D eigenvalue weighted by Gasteiger charge is -2.08. The summed E-state index contributed by atoms with van der Waals surface area (Å²) in [4.78, 5) is 24.4. The van der Waals surface area contributed by atoms with Gasteiger partial charge in [0.25, 0.3) is 0 Å². The number of anilines is 1. The van der Waals surface area contributed by atoms with E-state index in [1.54, 1.807) is 6.07 Å². The molecule has 1 heterocycles. The third-order valence-corrected chi connectivity index (χ3v) is 6.15. The first-order valence-electron chi connectivity index (χ1n) is 10.1. The predicted octanol–water partition coefficient (Wildman–Crippen LogP) is 5.04. The first-order valence-corrected chi connectivity index (χ1v) is 11.1. The van der Waals surface area contributed by atoms with E-state index in [-0.39, 0.29) is 11.7 Å². The summed E-state index contributed by atoms with van der Waals surface area (Å²) in [6, 6.07) is 22.0. The number of primary amides is 1. The number of thioether (sulfide) groups is 1. The summed E-state index contributed by atoms with van der Waals surface area (Å²) in [6.45, 7) is 3.04. The zero-order valence-electron chi connectivity index (χ0n) is 17.2. The molecule has 0 spiro atoms. The molecular formula is C25H23N3O2S. The van der Waals surface area contributed by atoms with Crippen molar-refractivity contribution in [1.82, 2.24) is 4.57 Å². The molecule has 0 saturated heterocycles. The maximum atomic E-state index is 12.5. The first kappa shape index (κ1) is 20.8. The third-order valence-electron chi connectivity index (χ3n) is 5.05. The standard InChI is InChI=1S/C25H23N3O2S/c1-2-28-21-9-5-3-7-18(21)19-15-17(11-13-22(19)28)12-14-25(30)27-20-8-4-6-10-23(20)31-16-24(26)29/h3-15H,2,16H2,1H3,(H2,26,29)(H,27,30)/b14-12+. The van der Waals surface area contributed by atoms with E-state index in [0.717, 1.165) is 17.0 Å². The summed E-state index contributed by atoms with van der Waals surface area (Å²) >= 11 is 1.30. The highest BCUT2D eigenvalue weighted by Gasteiger charge is 2.10. The van der Waals surface area contributed by atoms with Crippen molar-refractivity contribution < 1.29 is 9.59 Å². The summed E-state index contributed by atoms with van der Waals surface area (Å²) < 4.78 is 2.30. The third kappa shape index (κ3) is 4.49. The number of hydrogen-bond donors (Lipinski definition) is 2. The van der Waals surface area contributed by atoms with Gasteiger partial charge in [-0.25, -0.2) is 0 Å². The minimum Gasteiger partial charge on any atom is -0.369 e. The lowest BCUT2D eigenvalue weighted by atomic mass is 10.1. The number of carbonyl (C=O) groups is 2. The number of rotatable bonds is 7. The van der Waals surface area contributed by atoms with Crippen molar-refractivity contribution >= 4 is 57.1 Å². The number of nitrogens with two attached hydrogens (primary N) is 1. The van der Waals surface area contributed by atoms with Gasteiger partial charge in [-0.1, -0.05) is 36.4 Å². The normalized spacial score (nSPS) is 11.4. The molecule has 0 radical (unpaired) electrons. The minimum atomic E-state index is -0.397. The molecule has 4 aromatic rings. The molecule has 1 aromatic heterocycles. The van der Waals surface area contributed by atoms with Crippen LogP contribution in [-0.4, -0.2) is 22.1 Å². The fraction of sp³-hybridized carbons (Fsp3) is 0.120. The molecule has 31 heavy (non-hydrogen) atoms. The zero-order chi connectivity index (χ0) is 21.8. The van der Waals surface area contributed by atoms with E-state index in [2.05, 4.69) is 47.1 Å². The van der Waals surface area contributed by atoms with Gasteiger partial charge in [-0.3, -0.25) is 9.59 Å². The van der Waals surface area contributed by atoms with Gasteiger partial charge in [0.15, 0.2) is 0 Å². The van der Waals surface area contributed by atoms with Gasteiger partial charge >= 0.3 is 0 Å². The van der Waals surface area contributed by atoms with Crippen LogP contribution in [0, 0.1) is 0 Å². The lowest BCUT2D eigenvalue weighted by molar-refractivity contribution is -0.115. The molecule has 3 N–H and O–H groups in total. The van der Waals surface area contributed by atoms with Crippen LogP contribution in [0.3, 0.4) is 0 Å². The van der Waals surface area contributed by atoms with Crippen LogP contribution in [0.5, 0.6) is 0 Å². The number of carbonyl (C=O) groups excluding carboxylic acids is 2. The summed E-state index contributed by atoms with van der Waals surface area (Å²) in [7, 11) is 0. The van der Waals surface area contributed by atoms with Gasteiger partial charge in [0, 0.05) is 39.3 Å². The number of aryl methyl sites for hydroxylation is 1. The first-order chi connectivity index (χ1) is 15.1. The molecule has 0 aliphatic carbocycles. The largest absolute Gasteiger partial charge is 0.369 e. The molecule has 156 valence electrons. The van der Waals surface area contributed by atoms with Crippen molar-refractivity contribution in [2.75, 3.05) is 11.1 Å². The van der Waals surface area contributed by atoms with Crippen molar-refractivity contribution in [2.24, 2.45) is 5.73 Å². The Bertz CT molecular complexity index is 1310. The molecule has 0 aliphatic heterocycles. The topological polar surface area (TPSA) is 77.1 Å². The molecular weight excluding hydrogens is 406 g/mol. The van der Waals surface area contributed by atoms with E-state index >= 15 is 0 Å². The van der Waals surface area contributed by atoms with E-state index in [1.165, 1.54) is 39.6 Å². The van der Waals surface area contributed by atoms with E-state index < -0.39 is 5.91 Å². The van der Waals surface area contributed by atoms with Crippen LogP contribution in [0.2, 0.25) is 0 Å². The predicted molar refractivity (Wildman–Crippen MR) is 129 cm³/mol. The minimum absolute atomic E-state index is 0.161. The van der Waals surface area contributed by atoms with Gasteiger partial charge in [-0.05, 0) is 48.9 Å². The van der Waals surface area contributed by atoms with Crippen molar-refractivity contribution in [2.45, 2.75) is 18.4 Å². The fourth-order valence-electron chi connectivity index (χ4n) is 3.71. The summed E-state index contributed by atoms with van der Waals surface area (Å²) in [6.07, 6.45) is 3.34. The van der Waals surface area contributed by atoms with Crippen molar-refractivity contribution in [1.29, 1.82) is 0 Å². The van der Waals surface area contributed by atoms with Gasteiger partial charge in [0.05, 0.1) is 11.4 Å². The van der Waals surface area contributed by atoms with Crippen molar-refractivity contribution in [3.63, 3.8) is 0 Å². The van der Waals surface area contributed by atoms with E-state index in [0.29, 0.717) is 5.69 Å². The maximum absolute atomic E-state index is 12.5. The number of hydrogen-bond acceptors (Lipinski definition) is 3. The molecule has 5 nitrogen and oxygen atoms in total. The van der Waals surface area contributed by atoms with E-state index in [1.807, 2.05) is 36.4 Å². The zero-order valence-corrected chi connectivity index (χ0v) is 18.0. The monoisotopic (exact) mass is 429 g/mol. The van der Waals surface area contributed by atoms with Crippen molar-refractivity contribution in [3.05, 3.63) is 78.4 Å². The second-order valence-electron chi connectivity index (χ2n) is 7.11. The Kier molecular flexibility index (Phi) is 6.09. The maximum Gasteiger partial charge on any atom is 0.248 e. The van der Waals surface area contributed by atoms with Crippen LogP contribution in [0.25, 0.3) is 27.9 Å². The quantitative estimate of drug-likeness (QED) is 0.319. The van der Waals surface area contributed by atoms with Gasteiger partial charge in [0.2, 0.25) is 11.8 Å². The van der Waals surface area contributed by atoms with Crippen LogP contribution in [0.15, 0.2) is 77.7 Å². The smallest absolute Gasteiger partial charge is 0.248 e. The molecule has 0 atom stereocenters. The Balaban J connectivity index is 1.56. The highest BCUT2D eigenvalue weighted by molar-refractivity contribution is 8.00. The van der Waals surface area contributed by atoms with Crippen LogP contribution in [0.1, 0.15) is 12.5 Å².